The number of hydrogen-bond donors (Lipinski definition) is 1. The van der Waals surface area contributed by atoms with Gasteiger partial charge in [0.25, 0.3) is 5.91 Å². The molecule has 1 amide bonds. The van der Waals surface area contributed by atoms with E-state index in [-0.39, 0.29) is 16.8 Å². The topological polar surface area (TPSA) is 57.6 Å². The fourth-order valence-electron chi connectivity index (χ4n) is 2.45. The average molecular weight is 267 g/mol. The lowest BCUT2D eigenvalue weighted by Crippen LogP contribution is -2.38. The lowest BCUT2D eigenvalue weighted by atomic mass is 10.0. The Morgan fingerprint density at radius 1 is 1.39 bits per heavy atom. The molecule has 98 valence electrons. The molecule has 18 heavy (non-hydrogen) atoms. The highest BCUT2D eigenvalue weighted by atomic mass is 32.1. The summed E-state index contributed by atoms with van der Waals surface area (Å²) in [6.45, 7) is 5.02. The largest absolute Gasteiger partial charge is 0.477 e. The van der Waals surface area contributed by atoms with Gasteiger partial charge in [0.2, 0.25) is 0 Å². The van der Waals surface area contributed by atoms with Gasteiger partial charge in [0.05, 0.1) is 4.88 Å². The van der Waals surface area contributed by atoms with Gasteiger partial charge in [-0.05, 0) is 30.9 Å². The number of likely N-dealkylation sites (tertiary alicyclic amines) is 1. The Balaban J connectivity index is 2.17. The third-order valence-electron chi connectivity index (χ3n) is 3.36. The van der Waals surface area contributed by atoms with Crippen LogP contribution >= 0.6 is 11.3 Å². The number of hydrogen-bond acceptors (Lipinski definition) is 3. The first kappa shape index (κ1) is 13.1. The van der Waals surface area contributed by atoms with Gasteiger partial charge in [0, 0.05) is 12.6 Å². The minimum atomic E-state index is -0.971. The number of carboxylic acid groups (broad SMARTS) is 1. The zero-order chi connectivity index (χ0) is 13.3. The van der Waals surface area contributed by atoms with Gasteiger partial charge in [-0.3, -0.25) is 4.79 Å². The highest BCUT2D eigenvalue weighted by Crippen LogP contribution is 2.27. The van der Waals surface area contributed by atoms with Crippen molar-refractivity contribution in [2.24, 2.45) is 5.92 Å². The van der Waals surface area contributed by atoms with Crippen LogP contribution in [0.25, 0.3) is 0 Å². The first-order valence-corrected chi connectivity index (χ1v) is 6.96. The Hall–Kier alpha value is -1.36. The van der Waals surface area contributed by atoms with E-state index in [2.05, 4.69) is 13.8 Å². The maximum Gasteiger partial charge on any atom is 0.345 e. The van der Waals surface area contributed by atoms with Gasteiger partial charge in [-0.2, -0.15) is 0 Å². The van der Waals surface area contributed by atoms with Crippen LogP contribution in [-0.2, 0) is 0 Å². The van der Waals surface area contributed by atoms with Gasteiger partial charge in [0.15, 0.2) is 0 Å². The van der Waals surface area contributed by atoms with E-state index in [1.807, 2.05) is 4.90 Å². The van der Waals surface area contributed by atoms with E-state index < -0.39 is 5.97 Å². The molecule has 2 heterocycles. The molecule has 1 atom stereocenters. The van der Waals surface area contributed by atoms with Gasteiger partial charge in [-0.1, -0.05) is 13.8 Å². The van der Waals surface area contributed by atoms with Crippen LogP contribution in [0.3, 0.4) is 0 Å². The van der Waals surface area contributed by atoms with Crippen molar-refractivity contribution in [2.75, 3.05) is 6.54 Å². The molecular formula is C13H17NO3S. The molecule has 1 aliphatic heterocycles. The van der Waals surface area contributed by atoms with Crippen LogP contribution < -0.4 is 0 Å². The number of carbonyl (C=O) groups excluding carboxylic acids is 1. The normalized spacial score (nSPS) is 19.5. The van der Waals surface area contributed by atoms with Crippen LogP contribution in [-0.4, -0.2) is 34.5 Å². The van der Waals surface area contributed by atoms with Crippen molar-refractivity contribution >= 4 is 23.2 Å². The number of thiophene rings is 1. The van der Waals surface area contributed by atoms with Crippen LogP contribution in [0.15, 0.2) is 12.1 Å². The summed E-state index contributed by atoms with van der Waals surface area (Å²) < 4.78 is 0. The van der Waals surface area contributed by atoms with Gasteiger partial charge in [0.1, 0.15) is 4.88 Å². The van der Waals surface area contributed by atoms with Crippen LogP contribution in [0, 0.1) is 5.92 Å². The summed E-state index contributed by atoms with van der Waals surface area (Å²) in [4.78, 5) is 25.8. The van der Waals surface area contributed by atoms with Crippen molar-refractivity contribution < 1.29 is 14.7 Å². The highest BCUT2D eigenvalue weighted by Gasteiger charge is 2.32. The smallest absolute Gasteiger partial charge is 0.345 e. The molecule has 1 aliphatic rings. The van der Waals surface area contributed by atoms with Crippen LogP contribution in [0.5, 0.6) is 0 Å². The van der Waals surface area contributed by atoms with Gasteiger partial charge >= 0.3 is 5.97 Å². The molecule has 1 fully saturated rings. The van der Waals surface area contributed by atoms with Gasteiger partial charge in [-0.15, -0.1) is 11.3 Å². The molecule has 0 saturated carbocycles. The second-order valence-electron chi connectivity index (χ2n) is 4.92. The van der Waals surface area contributed by atoms with E-state index >= 15 is 0 Å². The molecule has 1 N–H and O–H groups in total. The first-order valence-electron chi connectivity index (χ1n) is 6.15. The van der Waals surface area contributed by atoms with E-state index in [4.69, 9.17) is 5.11 Å². The van der Waals surface area contributed by atoms with Crippen LogP contribution in [0.1, 0.15) is 46.0 Å². The van der Waals surface area contributed by atoms with Crippen molar-refractivity contribution in [3.05, 3.63) is 21.9 Å². The second kappa shape index (κ2) is 5.10. The first-order chi connectivity index (χ1) is 8.50. The Bertz CT molecular complexity index is 467. The fraction of sp³-hybridized carbons (Fsp3) is 0.538. The summed E-state index contributed by atoms with van der Waals surface area (Å²) in [5.41, 5.74) is 0. The second-order valence-corrected chi connectivity index (χ2v) is 6.00. The highest BCUT2D eigenvalue weighted by molar-refractivity contribution is 7.15. The minimum Gasteiger partial charge on any atom is -0.477 e. The monoisotopic (exact) mass is 267 g/mol. The van der Waals surface area contributed by atoms with Crippen molar-refractivity contribution in [3.63, 3.8) is 0 Å². The van der Waals surface area contributed by atoms with E-state index in [9.17, 15) is 9.59 Å². The Kier molecular flexibility index (Phi) is 3.71. The molecule has 5 heteroatoms. The Morgan fingerprint density at radius 3 is 2.61 bits per heavy atom. The maximum atomic E-state index is 12.3. The molecule has 1 aromatic rings. The molecule has 0 aliphatic carbocycles. The molecule has 1 unspecified atom stereocenters. The molecule has 4 nitrogen and oxygen atoms in total. The third kappa shape index (κ3) is 2.41. The number of amides is 1. The van der Waals surface area contributed by atoms with Crippen molar-refractivity contribution in [1.29, 1.82) is 0 Å². The standard InChI is InChI=1S/C13H17NO3S/c1-8(2)9-4-3-7-14(9)12(15)10-5-6-11(18-10)13(16)17/h5-6,8-9H,3-4,7H2,1-2H3,(H,16,17). The Labute approximate surface area is 110 Å². The van der Waals surface area contributed by atoms with Crippen LogP contribution in [0.2, 0.25) is 0 Å². The molecule has 2 rings (SSSR count). The number of rotatable bonds is 3. The van der Waals surface area contributed by atoms with Crippen LogP contribution in [0.4, 0.5) is 0 Å². The summed E-state index contributed by atoms with van der Waals surface area (Å²) >= 11 is 1.06. The predicted octanol–water partition coefficient (Wildman–Crippen LogP) is 2.71. The van der Waals surface area contributed by atoms with E-state index in [0.29, 0.717) is 10.8 Å². The zero-order valence-corrected chi connectivity index (χ0v) is 11.4. The number of carboxylic acids is 1. The maximum absolute atomic E-state index is 12.3. The SMILES string of the molecule is CC(C)C1CCCN1C(=O)c1ccc(C(=O)O)s1. The quantitative estimate of drug-likeness (QED) is 0.916. The summed E-state index contributed by atoms with van der Waals surface area (Å²) in [5.74, 6) is -0.556. The summed E-state index contributed by atoms with van der Waals surface area (Å²) in [6.07, 6.45) is 2.08. The molecule has 0 spiro atoms. The molecular weight excluding hydrogens is 250 g/mol. The predicted molar refractivity (Wildman–Crippen MR) is 70.2 cm³/mol. The summed E-state index contributed by atoms with van der Waals surface area (Å²) in [7, 11) is 0. The van der Waals surface area contributed by atoms with Crippen molar-refractivity contribution in [2.45, 2.75) is 32.7 Å². The number of aromatic carboxylic acids is 1. The number of carbonyl (C=O) groups is 2. The van der Waals surface area contributed by atoms with Gasteiger partial charge < -0.3 is 10.0 Å². The lowest BCUT2D eigenvalue weighted by Gasteiger charge is -2.27. The van der Waals surface area contributed by atoms with E-state index in [1.165, 1.54) is 6.07 Å². The zero-order valence-electron chi connectivity index (χ0n) is 10.5. The van der Waals surface area contributed by atoms with Crippen molar-refractivity contribution in [1.82, 2.24) is 4.90 Å². The Morgan fingerprint density at radius 2 is 2.06 bits per heavy atom. The summed E-state index contributed by atoms with van der Waals surface area (Å²) in [6, 6.07) is 3.40. The van der Waals surface area contributed by atoms with Gasteiger partial charge in [-0.25, -0.2) is 4.79 Å². The molecule has 1 aromatic heterocycles. The molecule has 0 aromatic carbocycles. The summed E-state index contributed by atoms with van der Waals surface area (Å²) in [5, 5.41) is 8.87. The van der Waals surface area contributed by atoms with Crippen molar-refractivity contribution in [3.8, 4) is 0 Å². The molecule has 0 radical (unpaired) electrons. The average Bonchev–Trinajstić information content (AvgIpc) is 2.97. The number of nitrogens with zero attached hydrogens (tertiary/aromatic N) is 1. The fourth-order valence-corrected chi connectivity index (χ4v) is 3.25. The third-order valence-corrected chi connectivity index (χ3v) is 4.42. The minimum absolute atomic E-state index is 0.0244. The van der Waals surface area contributed by atoms with E-state index in [0.717, 1.165) is 30.7 Å². The lowest BCUT2D eigenvalue weighted by molar-refractivity contribution is 0.0697. The molecule has 0 bridgehead atoms. The molecule has 1 saturated heterocycles. The van der Waals surface area contributed by atoms with E-state index in [1.54, 1.807) is 6.07 Å².